The van der Waals surface area contributed by atoms with Gasteiger partial charge in [0.1, 0.15) is 0 Å². The number of carbonyl (C=O) groups is 1. The maximum Gasteiger partial charge on any atom is 0.272 e. The third-order valence-corrected chi connectivity index (χ3v) is 5.73. The Morgan fingerprint density at radius 3 is 2.50 bits per heavy atom. The highest BCUT2D eigenvalue weighted by atomic mass is 16.5. The molecule has 4 rings (SSSR count). The molecule has 156 valence electrons. The molecule has 0 aliphatic heterocycles. The van der Waals surface area contributed by atoms with Crippen LogP contribution in [0.15, 0.2) is 42.5 Å². The van der Waals surface area contributed by atoms with Gasteiger partial charge in [0.15, 0.2) is 17.2 Å². The molecule has 1 aliphatic carbocycles. The van der Waals surface area contributed by atoms with Crippen LogP contribution in [0.2, 0.25) is 0 Å². The molecule has 1 aromatic heterocycles. The number of rotatable bonds is 6. The monoisotopic (exact) mass is 405 g/mol. The largest absolute Gasteiger partial charge is 0.493 e. The number of fused-ring (bicyclic) bond motifs is 1. The maximum atomic E-state index is 13.2. The summed E-state index contributed by atoms with van der Waals surface area (Å²) < 4.78 is 12.7. The molecule has 1 N–H and O–H groups in total. The lowest BCUT2D eigenvalue weighted by molar-refractivity contribution is 0.0933. The molecule has 0 bridgehead atoms. The van der Waals surface area contributed by atoms with Crippen LogP contribution in [-0.2, 0) is 12.8 Å². The van der Waals surface area contributed by atoms with E-state index in [-0.39, 0.29) is 11.9 Å². The Bertz CT molecular complexity index is 1070. The van der Waals surface area contributed by atoms with Gasteiger partial charge in [-0.05, 0) is 68.5 Å². The minimum absolute atomic E-state index is 0.149. The summed E-state index contributed by atoms with van der Waals surface area (Å²) in [6.45, 7) is 3.97. The van der Waals surface area contributed by atoms with Gasteiger partial charge < -0.3 is 14.8 Å². The molecule has 1 atom stereocenters. The number of para-hydroxylation sites is 1. The fourth-order valence-electron chi connectivity index (χ4n) is 4.21. The van der Waals surface area contributed by atoms with Crippen LogP contribution in [0.25, 0.3) is 5.69 Å². The second-order valence-corrected chi connectivity index (χ2v) is 7.63. The van der Waals surface area contributed by atoms with Crippen LogP contribution in [0.1, 0.15) is 52.3 Å². The minimum Gasteiger partial charge on any atom is -0.493 e. The van der Waals surface area contributed by atoms with Gasteiger partial charge in [-0.2, -0.15) is 5.10 Å². The Morgan fingerprint density at radius 2 is 1.80 bits per heavy atom. The highest BCUT2D eigenvalue weighted by Gasteiger charge is 2.28. The molecule has 0 saturated carbocycles. The average molecular weight is 405 g/mol. The van der Waals surface area contributed by atoms with Gasteiger partial charge in [-0.15, -0.1) is 0 Å². The van der Waals surface area contributed by atoms with Gasteiger partial charge in [0.2, 0.25) is 0 Å². The van der Waals surface area contributed by atoms with Crippen LogP contribution in [-0.4, -0.2) is 29.9 Å². The molecular formula is C24H27N3O3. The lowest BCUT2D eigenvalue weighted by atomic mass is 10.0. The van der Waals surface area contributed by atoms with Crippen LogP contribution >= 0.6 is 0 Å². The zero-order chi connectivity index (χ0) is 21.3. The van der Waals surface area contributed by atoms with Crippen molar-refractivity contribution in [2.75, 3.05) is 14.2 Å². The molecule has 6 nitrogen and oxygen atoms in total. The van der Waals surface area contributed by atoms with Crippen molar-refractivity contribution < 1.29 is 14.3 Å². The molecule has 0 fully saturated rings. The van der Waals surface area contributed by atoms with E-state index in [2.05, 4.69) is 5.32 Å². The van der Waals surface area contributed by atoms with Crippen LogP contribution in [0.3, 0.4) is 0 Å². The summed E-state index contributed by atoms with van der Waals surface area (Å²) in [4.78, 5) is 13.2. The van der Waals surface area contributed by atoms with Crippen molar-refractivity contribution in [2.24, 2.45) is 0 Å². The second-order valence-electron chi connectivity index (χ2n) is 7.63. The van der Waals surface area contributed by atoms with E-state index in [1.54, 1.807) is 14.2 Å². The summed E-state index contributed by atoms with van der Waals surface area (Å²) in [6.07, 6.45) is 2.87. The summed E-state index contributed by atoms with van der Waals surface area (Å²) in [6, 6.07) is 13.6. The fraction of sp³-hybridized carbons (Fsp3) is 0.333. The molecule has 1 amide bonds. The average Bonchev–Trinajstić information content (AvgIpc) is 3.36. The molecule has 3 aromatic rings. The minimum atomic E-state index is -0.198. The Morgan fingerprint density at radius 1 is 1.10 bits per heavy atom. The van der Waals surface area contributed by atoms with E-state index in [4.69, 9.17) is 14.6 Å². The first-order valence-electron chi connectivity index (χ1n) is 10.2. The van der Waals surface area contributed by atoms with E-state index in [1.165, 1.54) is 0 Å². The molecule has 6 heteroatoms. The summed E-state index contributed by atoms with van der Waals surface area (Å²) >= 11 is 0. The van der Waals surface area contributed by atoms with Crippen molar-refractivity contribution >= 4 is 5.91 Å². The van der Waals surface area contributed by atoms with E-state index in [1.807, 2.05) is 61.0 Å². The van der Waals surface area contributed by atoms with Crippen molar-refractivity contribution in [3.8, 4) is 17.2 Å². The van der Waals surface area contributed by atoms with Gasteiger partial charge in [0.25, 0.3) is 5.91 Å². The van der Waals surface area contributed by atoms with Crippen LogP contribution < -0.4 is 14.8 Å². The third kappa shape index (κ3) is 3.54. The number of hydrogen-bond donors (Lipinski definition) is 1. The van der Waals surface area contributed by atoms with Crippen molar-refractivity contribution in [2.45, 2.75) is 39.2 Å². The van der Waals surface area contributed by atoms with E-state index in [9.17, 15) is 4.79 Å². The molecular weight excluding hydrogens is 378 g/mol. The number of aryl methyl sites for hydroxylation is 1. The van der Waals surface area contributed by atoms with Gasteiger partial charge in [-0.3, -0.25) is 4.79 Å². The van der Waals surface area contributed by atoms with Gasteiger partial charge >= 0.3 is 0 Å². The van der Waals surface area contributed by atoms with E-state index < -0.39 is 0 Å². The second kappa shape index (κ2) is 8.22. The topological polar surface area (TPSA) is 65.4 Å². The van der Waals surface area contributed by atoms with E-state index >= 15 is 0 Å². The Labute approximate surface area is 176 Å². The summed E-state index contributed by atoms with van der Waals surface area (Å²) in [5, 5.41) is 7.82. The van der Waals surface area contributed by atoms with Crippen molar-refractivity contribution in [3.05, 3.63) is 70.5 Å². The van der Waals surface area contributed by atoms with Gasteiger partial charge in [-0.25, -0.2) is 4.68 Å². The molecule has 0 radical (unpaired) electrons. The fourth-order valence-corrected chi connectivity index (χ4v) is 4.21. The van der Waals surface area contributed by atoms with Gasteiger partial charge in [0, 0.05) is 11.3 Å². The molecule has 30 heavy (non-hydrogen) atoms. The number of hydrogen-bond acceptors (Lipinski definition) is 4. The number of nitrogens with zero attached hydrogens (tertiary/aromatic N) is 2. The van der Waals surface area contributed by atoms with Crippen molar-refractivity contribution in [3.63, 3.8) is 0 Å². The number of nitrogens with one attached hydrogen (secondary N) is 1. The van der Waals surface area contributed by atoms with Crippen molar-refractivity contribution in [1.29, 1.82) is 0 Å². The molecule has 0 spiro atoms. The molecule has 0 saturated heterocycles. The summed E-state index contributed by atoms with van der Waals surface area (Å²) in [7, 11) is 3.23. The van der Waals surface area contributed by atoms with Gasteiger partial charge in [0.05, 0.1) is 25.9 Å². The van der Waals surface area contributed by atoms with E-state index in [0.717, 1.165) is 47.3 Å². The quantitative estimate of drug-likeness (QED) is 0.668. The third-order valence-electron chi connectivity index (χ3n) is 5.73. The predicted octanol–water partition coefficient (Wildman–Crippen LogP) is 4.18. The number of aromatic nitrogens is 2. The number of carbonyl (C=O) groups excluding carboxylic acids is 1. The predicted molar refractivity (Wildman–Crippen MR) is 116 cm³/mol. The van der Waals surface area contributed by atoms with Crippen LogP contribution in [0.5, 0.6) is 11.5 Å². The number of methoxy groups -OCH3 is 2. The highest BCUT2D eigenvalue weighted by Crippen LogP contribution is 2.33. The zero-order valence-corrected chi connectivity index (χ0v) is 17.9. The Balaban J connectivity index is 1.62. The van der Waals surface area contributed by atoms with Crippen molar-refractivity contribution in [1.82, 2.24) is 15.1 Å². The maximum absolute atomic E-state index is 13.2. The molecule has 1 heterocycles. The molecule has 2 aromatic carbocycles. The number of ether oxygens (including phenoxy) is 2. The highest BCUT2D eigenvalue weighted by molar-refractivity contribution is 5.94. The lowest BCUT2D eigenvalue weighted by Crippen LogP contribution is -2.28. The zero-order valence-electron chi connectivity index (χ0n) is 17.9. The van der Waals surface area contributed by atoms with Gasteiger partial charge in [-0.1, -0.05) is 18.2 Å². The Hall–Kier alpha value is -3.28. The summed E-state index contributed by atoms with van der Waals surface area (Å²) in [5.41, 5.74) is 5.73. The first kappa shape index (κ1) is 20.0. The smallest absolute Gasteiger partial charge is 0.272 e. The van der Waals surface area contributed by atoms with E-state index in [0.29, 0.717) is 17.2 Å². The standard InChI is InChI=1S/C24H27N3O3/c1-15-13-21(29-3)22(30-4)14-19(15)16(2)25-24(28)23-18-11-8-12-20(18)27(26-23)17-9-6-5-7-10-17/h5-7,9-10,13-14,16H,8,11-12H2,1-4H3,(H,25,28). The summed E-state index contributed by atoms with van der Waals surface area (Å²) in [5.74, 6) is 1.18. The van der Waals surface area contributed by atoms with Crippen LogP contribution in [0.4, 0.5) is 0 Å². The first-order chi connectivity index (χ1) is 14.5. The number of amides is 1. The number of benzene rings is 2. The van der Waals surface area contributed by atoms with Crippen LogP contribution in [0, 0.1) is 6.92 Å². The molecule has 1 aliphatic rings. The lowest BCUT2D eigenvalue weighted by Gasteiger charge is -2.19. The Kier molecular flexibility index (Phi) is 5.48. The molecule has 1 unspecified atom stereocenters. The normalized spacial score (nSPS) is 13.6. The SMILES string of the molecule is COc1cc(C)c(C(C)NC(=O)c2nn(-c3ccccc3)c3c2CCC3)cc1OC. The first-order valence-corrected chi connectivity index (χ1v) is 10.2.